The Hall–Kier alpha value is -2.58. The summed E-state index contributed by atoms with van der Waals surface area (Å²) in [5.41, 5.74) is 2.26. The Morgan fingerprint density at radius 2 is 1.50 bits per heavy atom. The SMILES string of the molecule is O=C(c1ccccc1)c1cccc(-c2ccc(Cl)cc2)c1O. The first-order valence-corrected chi connectivity index (χ1v) is 7.22. The van der Waals surface area contributed by atoms with Gasteiger partial charge in [0.25, 0.3) is 0 Å². The quantitative estimate of drug-likeness (QED) is 0.696. The maximum Gasteiger partial charge on any atom is 0.196 e. The number of ketones is 1. The van der Waals surface area contributed by atoms with Crippen molar-refractivity contribution in [2.75, 3.05) is 0 Å². The zero-order valence-corrected chi connectivity index (χ0v) is 12.4. The molecule has 0 amide bonds. The highest BCUT2D eigenvalue weighted by molar-refractivity contribution is 6.30. The summed E-state index contributed by atoms with van der Waals surface area (Å²) < 4.78 is 0. The second-order valence-corrected chi connectivity index (χ2v) is 5.34. The number of hydrogen-bond donors (Lipinski definition) is 1. The standard InChI is InChI=1S/C19H13ClO2/c20-15-11-9-13(10-12-15)16-7-4-8-17(19(16)22)18(21)14-5-2-1-3-6-14/h1-12,22H. The molecule has 22 heavy (non-hydrogen) atoms. The smallest absolute Gasteiger partial charge is 0.196 e. The lowest BCUT2D eigenvalue weighted by atomic mass is 9.96. The van der Waals surface area contributed by atoms with Crippen molar-refractivity contribution in [2.24, 2.45) is 0 Å². The molecule has 108 valence electrons. The predicted octanol–water partition coefficient (Wildman–Crippen LogP) is 4.94. The second kappa shape index (κ2) is 6.04. The van der Waals surface area contributed by atoms with E-state index in [1.54, 1.807) is 54.6 Å². The van der Waals surface area contributed by atoms with Crippen LogP contribution in [0, 0.1) is 0 Å². The van der Waals surface area contributed by atoms with E-state index in [2.05, 4.69) is 0 Å². The molecule has 3 aromatic rings. The monoisotopic (exact) mass is 308 g/mol. The first-order chi connectivity index (χ1) is 10.7. The Kier molecular flexibility index (Phi) is 3.94. The summed E-state index contributed by atoms with van der Waals surface area (Å²) in [5.74, 6) is -0.215. The van der Waals surface area contributed by atoms with Crippen LogP contribution in [0.5, 0.6) is 5.75 Å². The Morgan fingerprint density at radius 1 is 0.818 bits per heavy atom. The molecule has 0 atom stereocenters. The molecule has 3 aromatic carbocycles. The molecular formula is C19H13ClO2. The fourth-order valence-electron chi connectivity index (χ4n) is 2.33. The number of hydrogen-bond acceptors (Lipinski definition) is 2. The van der Waals surface area contributed by atoms with Crippen molar-refractivity contribution < 1.29 is 9.90 Å². The van der Waals surface area contributed by atoms with Gasteiger partial charge in [0.15, 0.2) is 5.78 Å². The van der Waals surface area contributed by atoms with Gasteiger partial charge in [-0.05, 0) is 23.8 Å². The highest BCUT2D eigenvalue weighted by Gasteiger charge is 2.16. The number of benzene rings is 3. The minimum absolute atomic E-state index is 0.0151. The van der Waals surface area contributed by atoms with Crippen LogP contribution in [0.1, 0.15) is 15.9 Å². The van der Waals surface area contributed by atoms with Crippen LogP contribution in [-0.2, 0) is 0 Å². The van der Waals surface area contributed by atoms with Crippen LogP contribution in [-0.4, -0.2) is 10.9 Å². The summed E-state index contributed by atoms with van der Waals surface area (Å²) >= 11 is 5.88. The largest absolute Gasteiger partial charge is 0.507 e. The topological polar surface area (TPSA) is 37.3 Å². The van der Waals surface area contributed by atoms with Crippen molar-refractivity contribution in [1.29, 1.82) is 0 Å². The van der Waals surface area contributed by atoms with Gasteiger partial charge in [0.05, 0.1) is 5.56 Å². The van der Waals surface area contributed by atoms with Gasteiger partial charge in [0, 0.05) is 16.1 Å². The number of halogens is 1. The third-order valence-corrected chi connectivity index (χ3v) is 3.72. The molecule has 1 N–H and O–H groups in total. The average Bonchev–Trinajstić information content (AvgIpc) is 2.56. The Balaban J connectivity index is 2.06. The molecule has 3 heteroatoms. The molecule has 0 unspecified atom stereocenters. The maximum atomic E-state index is 12.5. The molecule has 0 aliphatic heterocycles. The average molecular weight is 309 g/mol. The maximum absolute atomic E-state index is 12.5. The summed E-state index contributed by atoms with van der Waals surface area (Å²) in [7, 11) is 0. The molecule has 0 heterocycles. The van der Waals surface area contributed by atoms with Crippen LogP contribution >= 0.6 is 11.6 Å². The molecule has 0 saturated heterocycles. The van der Waals surface area contributed by atoms with E-state index in [1.165, 1.54) is 0 Å². The summed E-state index contributed by atoms with van der Waals surface area (Å²) in [6.07, 6.45) is 0. The van der Waals surface area contributed by atoms with Gasteiger partial charge in [-0.15, -0.1) is 0 Å². The van der Waals surface area contributed by atoms with E-state index in [0.717, 1.165) is 5.56 Å². The van der Waals surface area contributed by atoms with Gasteiger partial charge in [-0.1, -0.05) is 66.2 Å². The predicted molar refractivity (Wildman–Crippen MR) is 88.4 cm³/mol. The number of carbonyl (C=O) groups is 1. The van der Waals surface area contributed by atoms with Gasteiger partial charge in [-0.25, -0.2) is 0 Å². The molecule has 0 radical (unpaired) electrons. The molecule has 0 spiro atoms. The van der Waals surface area contributed by atoms with Gasteiger partial charge in [-0.3, -0.25) is 4.79 Å². The highest BCUT2D eigenvalue weighted by atomic mass is 35.5. The minimum atomic E-state index is -0.200. The molecule has 0 fully saturated rings. The summed E-state index contributed by atoms with van der Waals surface area (Å²) in [5, 5.41) is 11.1. The zero-order valence-electron chi connectivity index (χ0n) is 11.7. The van der Waals surface area contributed by atoms with Crippen molar-refractivity contribution in [2.45, 2.75) is 0 Å². The molecule has 0 aliphatic carbocycles. The zero-order chi connectivity index (χ0) is 15.5. The first kappa shape index (κ1) is 14.4. The van der Waals surface area contributed by atoms with Crippen molar-refractivity contribution >= 4 is 17.4 Å². The molecule has 0 aliphatic rings. The highest BCUT2D eigenvalue weighted by Crippen LogP contribution is 2.33. The summed E-state index contributed by atoms with van der Waals surface area (Å²) in [6.45, 7) is 0. The van der Waals surface area contributed by atoms with Crippen LogP contribution in [0.3, 0.4) is 0 Å². The van der Waals surface area contributed by atoms with E-state index in [0.29, 0.717) is 21.7 Å². The molecule has 3 rings (SSSR count). The van der Waals surface area contributed by atoms with E-state index in [4.69, 9.17) is 11.6 Å². The number of phenolic OH excluding ortho intramolecular Hbond substituents is 1. The Morgan fingerprint density at radius 3 is 2.18 bits per heavy atom. The van der Waals surface area contributed by atoms with Gasteiger partial charge in [-0.2, -0.15) is 0 Å². The number of para-hydroxylation sites is 1. The number of phenols is 1. The van der Waals surface area contributed by atoms with Crippen LogP contribution in [0.25, 0.3) is 11.1 Å². The molecular weight excluding hydrogens is 296 g/mol. The van der Waals surface area contributed by atoms with E-state index in [1.807, 2.05) is 18.2 Å². The van der Waals surface area contributed by atoms with Crippen LogP contribution in [0.15, 0.2) is 72.8 Å². The fourth-order valence-corrected chi connectivity index (χ4v) is 2.46. The summed E-state index contributed by atoms with van der Waals surface area (Å²) in [6, 6.07) is 21.2. The number of carbonyl (C=O) groups excluding carboxylic acids is 1. The number of aromatic hydroxyl groups is 1. The van der Waals surface area contributed by atoms with E-state index < -0.39 is 0 Å². The number of rotatable bonds is 3. The molecule has 0 saturated carbocycles. The third kappa shape index (κ3) is 2.74. The van der Waals surface area contributed by atoms with E-state index in [-0.39, 0.29) is 11.5 Å². The van der Waals surface area contributed by atoms with Gasteiger partial charge in [0.2, 0.25) is 0 Å². The van der Waals surface area contributed by atoms with E-state index >= 15 is 0 Å². The normalized spacial score (nSPS) is 10.4. The lowest BCUT2D eigenvalue weighted by Gasteiger charge is -2.09. The van der Waals surface area contributed by atoms with Crippen molar-refractivity contribution in [3.05, 3.63) is 88.9 Å². The summed E-state index contributed by atoms with van der Waals surface area (Å²) in [4.78, 5) is 12.5. The van der Waals surface area contributed by atoms with Gasteiger partial charge >= 0.3 is 0 Å². The lowest BCUT2D eigenvalue weighted by Crippen LogP contribution is -2.01. The Bertz CT molecular complexity index is 809. The molecule has 0 aromatic heterocycles. The van der Waals surface area contributed by atoms with Gasteiger partial charge < -0.3 is 5.11 Å². The molecule has 0 bridgehead atoms. The fraction of sp³-hybridized carbons (Fsp3) is 0. The van der Waals surface area contributed by atoms with Crippen molar-refractivity contribution in [3.8, 4) is 16.9 Å². The minimum Gasteiger partial charge on any atom is -0.507 e. The van der Waals surface area contributed by atoms with Crippen LogP contribution < -0.4 is 0 Å². The van der Waals surface area contributed by atoms with Crippen LogP contribution in [0.2, 0.25) is 5.02 Å². The van der Waals surface area contributed by atoms with Crippen molar-refractivity contribution in [3.63, 3.8) is 0 Å². The van der Waals surface area contributed by atoms with Crippen LogP contribution in [0.4, 0.5) is 0 Å². The van der Waals surface area contributed by atoms with Gasteiger partial charge in [0.1, 0.15) is 5.75 Å². The van der Waals surface area contributed by atoms with Crippen molar-refractivity contribution in [1.82, 2.24) is 0 Å². The Labute approximate surface area is 133 Å². The lowest BCUT2D eigenvalue weighted by molar-refractivity contribution is 0.103. The first-order valence-electron chi connectivity index (χ1n) is 6.84. The third-order valence-electron chi connectivity index (χ3n) is 3.47. The van der Waals surface area contributed by atoms with E-state index in [9.17, 15) is 9.90 Å². The second-order valence-electron chi connectivity index (χ2n) is 4.90. The molecule has 2 nitrogen and oxygen atoms in total.